The largest absolute Gasteiger partial charge is 0.496 e. The van der Waals surface area contributed by atoms with Crippen molar-refractivity contribution < 1.29 is 19.4 Å². The summed E-state index contributed by atoms with van der Waals surface area (Å²) < 4.78 is 5.42. The first kappa shape index (κ1) is 14.4. The first-order chi connectivity index (χ1) is 10.6. The van der Waals surface area contributed by atoms with E-state index in [4.69, 9.17) is 9.84 Å². The lowest BCUT2D eigenvalue weighted by Crippen LogP contribution is -2.26. The molecule has 0 spiro atoms. The van der Waals surface area contributed by atoms with E-state index in [1.165, 1.54) is 0 Å². The molecule has 1 fully saturated rings. The fourth-order valence-corrected chi connectivity index (χ4v) is 2.95. The predicted molar refractivity (Wildman–Crippen MR) is 81.7 cm³/mol. The molecule has 114 valence electrons. The Bertz CT molecular complexity index is 741. The Kier molecular flexibility index (Phi) is 3.71. The molecular weight excluding hydrogens is 282 g/mol. The monoisotopic (exact) mass is 299 g/mol. The number of rotatable bonds is 4. The number of carbonyl (C=O) groups is 2. The van der Waals surface area contributed by atoms with E-state index in [1.807, 2.05) is 36.4 Å². The number of hydrogen-bond acceptors (Lipinski definition) is 3. The summed E-state index contributed by atoms with van der Waals surface area (Å²) >= 11 is 0. The number of amides is 1. The molecule has 3 rings (SSSR count). The van der Waals surface area contributed by atoms with Gasteiger partial charge < -0.3 is 14.7 Å². The van der Waals surface area contributed by atoms with Crippen LogP contribution >= 0.6 is 0 Å². The minimum Gasteiger partial charge on any atom is -0.496 e. The van der Waals surface area contributed by atoms with Gasteiger partial charge in [-0.25, -0.2) is 0 Å². The molecule has 0 unspecified atom stereocenters. The molecule has 1 atom stereocenters. The summed E-state index contributed by atoms with van der Waals surface area (Å²) in [6.45, 7) is 0.619. The maximum Gasteiger partial charge on any atom is 0.308 e. The van der Waals surface area contributed by atoms with Gasteiger partial charge in [-0.3, -0.25) is 9.59 Å². The number of ether oxygens (including phenoxy) is 1. The van der Waals surface area contributed by atoms with Gasteiger partial charge in [-0.05, 0) is 16.8 Å². The lowest BCUT2D eigenvalue weighted by atomic mass is 10.0. The lowest BCUT2D eigenvalue weighted by molar-refractivity contribution is -0.141. The number of carbonyl (C=O) groups excluding carboxylic acids is 1. The molecule has 5 nitrogen and oxygen atoms in total. The third-order valence-corrected chi connectivity index (χ3v) is 4.13. The van der Waals surface area contributed by atoms with Crippen molar-refractivity contribution in [2.75, 3.05) is 13.7 Å². The van der Waals surface area contributed by atoms with Gasteiger partial charge in [-0.1, -0.05) is 30.3 Å². The van der Waals surface area contributed by atoms with Crippen molar-refractivity contribution in [3.8, 4) is 5.75 Å². The van der Waals surface area contributed by atoms with Crippen molar-refractivity contribution in [1.29, 1.82) is 0 Å². The SMILES string of the molecule is COc1ccc2ccccc2c1CN1C[C@@H](C(=O)O)CC1=O. The Hall–Kier alpha value is -2.56. The molecule has 0 aromatic heterocycles. The standard InChI is InChI=1S/C17H17NO4/c1-22-15-7-6-11-4-2-3-5-13(11)14(15)10-18-9-12(17(20)21)8-16(18)19/h2-7,12H,8-10H2,1H3,(H,20,21)/t12-/m0/s1. The van der Waals surface area contributed by atoms with Crippen LogP contribution in [0.2, 0.25) is 0 Å². The van der Waals surface area contributed by atoms with Gasteiger partial charge in [-0.2, -0.15) is 0 Å². The number of methoxy groups -OCH3 is 1. The predicted octanol–water partition coefficient (Wildman–Crippen LogP) is 2.28. The molecule has 1 aliphatic heterocycles. The maximum atomic E-state index is 12.1. The van der Waals surface area contributed by atoms with E-state index in [2.05, 4.69) is 0 Å². The molecule has 0 bridgehead atoms. The van der Waals surface area contributed by atoms with Crippen LogP contribution in [0, 0.1) is 5.92 Å². The number of fused-ring (bicyclic) bond motifs is 1. The molecular formula is C17H17NO4. The summed E-state index contributed by atoms with van der Waals surface area (Å²) in [7, 11) is 1.60. The van der Waals surface area contributed by atoms with Crippen LogP contribution in [0.1, 0.15) is 12.0 Å². The van der Waals surface area contributed by atoms with Gasteiger partial charge >= 0.3 is 5.97 Å². The van der Waals surface area contributed by atoms with Gasteiger partial charge in [0.2, 0.25) is 5.91 Å². The van der Waals surface area contributed by atoms with Crippen molar-refractivity contribution in [1.82, 2.24) is 4.90 Å². The highest BCUT2D eigenvalue weighted by molar-refractivity contribution is 5.89. The topological polar surface area (TPSA) is 66.8 Å². The van der Waals surface area contributed by atoms with Crippen LogP contribution in [0.3, 0.4) is 0 Å². The molecule has 5 heteroatoms. The molecule has 1 amide bonds. The highest BCUT2D eigenvalue weighted by Crippen LogP contribution is 2.31. The van der Waals surface area contributed by atoms with E-state index in [0.717, 1.165) is 16.3 Å². The molecule has 22 heavy (non-hydrogen) atoms. The van der Waals surface area contributed by atoms with Gasteiger partial charge in [0.05, 0.1) is 13.0 Å². The first-order valence-corrected chi connectivity index (χ1v) is 7.15. The minimum absolute atomic E-state index is 0.0718. The number of carboxylic acid groups (broad SMARTS) is 1. The van der Waals surface area contributed by atoms with Crippen LogP contribution in [-0.2, 0) is 16.1 Å². The summed E-state index contributed by atoms with van der Waals surface area (Å²) in [5, 5.41) is 11.2. The van der Waals surface area contributed by atoms with Gasteiger partial charge in [0.1, 0.15) is 5.75 Å². The molecule has 0 saturated carbocycles. The molecule has 1 N–H and O–H groups in total. The molecule has 1 saturated heterocycles. The Morgan fingerprint density at radius 1 is 1.32 bits per heavy atom. The normalized spacial score (nSPS) is 18.0. The van der Waals surface area contributed by atoms with Gasteiger partial charge in [0, 0.05) is 25.1 Å². The van der Waals surface area contributed by atoms with Crippen LogP contribution in [0.25, 0.3) is 10.8 Å². The molecule has 2 aromatic carbocycles. The lowest BCUT2D eigenvalue weighted by Gasteiger charge is -2.19. The summed E-state index contributed by atoms with van der Waals surface area (Å²) in [4.78, 5) is 24.7. The van der Waals surface area contributed by atoms with Crippen molar-refractivity contribution in [3.63, 3.8) is 0 Å². The Balaban J connectivity index is 1.96. The highest BCUT2D eigenvalue weighted by atomic mass is 16.5. The van der Waals surface area contributed by atoms with Gasteiger partial charge in [0.15, 0.2) is 0 Å². The van der Waals surface area contributed by atoms with Crippen molar-refractivity contribution >= 4 is 22.6 Å². The fourth-order valence-electron chi connectivity index (χ4n) is 2.95. The Labute approximate surface area is 128 Å². The number of benzene rings is 2. The molecule has 0 aliphatic carbocycles. The molecule has 1 aliphatic rings. The van der Waals surface area contributed by atoms with Crippen LogP contribution in [0.4, 0.5) is 0 Å². The number of hydrogen-bond donors (Lipinski definition) is 1. The van der Waals surface area contributed by atoms with E-state index in [-0.39, 0.29) is 18.9 Å². The van der Waals surface area contributed by atoms with Crippen LogP contribution in [0.15, 0.2) is 36.4 Å². The van der Waals surface area contributed by atoms with Crippen LogP contribution in [-0.4, -0.2) is 35.5 Å². The molecule has 0 radical (unpaired) electrons. The van der Waals surface area contributed by atoms with Crippen molar-refractivity contribution in [3.05, 3.63) is 42.0 Å². The first-order valence-electron chi connectivity index (χ1n) is 7.15. The summed E-state index contributed by atoms with van der Waals surface area (Å²) in [6, 6.07) is 11.8. The van der Waals surface area contributed by atoms with E-state index in [9.17, 15) is 9.59 Å². The summed E-state index contributed by atoms with van der Waals surface area (Å²) in [5.74, 6) is -0.943. The summed E-state index contributed by atoms with van der Waals surface area (Å²) in [6.07, 6.45) is 0.0718. The van der Waals surface area contributed by atoms with E-state index in [0.29, 0.717) is 12.3 Å². The Morgan fingerprint density at radius 3 is 2.77 bits per heavy atom. The quantitative estimate of drug-likeness (QED) is 0.940. The fraction of sp³-hybridized carbons (Fsp3) is 0.294. The van der Waals surface area contributed by atoms with Crippen LogP contribution < -0.4 is 4.74 Å². The van der Waals surface area contributed by atoms with E-state index in [1.54, 1.807) is 12.0 Å². The average Bonchev–Trinajstić information content (AvgIpc) is 2.89. The second-order valence-corrected chi connectivity index (χ2v) is 5.48. The summed E-state index contributed by atoms with van der Waals surface area (Å²) in [5.41, 5.74) is 0.917. The third kappa shape index (κ3) is 2.50. The zero-order chi connectivity index (χ0) is 15.7. The minimum atomic E-state index is -0.916. The van der Waals surface area contributed by atoms with E-state index >= 15 is 0 Å². The smallest absolute Gasteiger partial charge is 0.308 e. The van der Waals surface area contributed by atoms with Crippen molar-refractivity contribution in [2.24, 2.45) is 5.92 Å². The zero-order valence-corrected chi connectivity index (χ0v) is 12.3. The number of likely N-dealkylation sites (tertiary alicyclic amines) is 1. The average molecular weight is 299 g/mol. The molecule has 2 aromatic rings. The zero-order valence-electron chi connectivity index (χ0n) is 12.3. The number of aliphatic carboxylic acids is 1. The van der Waals surface area contributed by atoms with Crippen molar-refractivity contribution in [2.45, 2.75) is 13.0 Å². The third-order valence-electron chi connectivity index (χ3n) is 4.13. The Morgan fingerprint density at radius 2 is 2.09 bits per heavy atom. The second kappa shape index (κ2) is 5.67. The maximum absolute atomic E-state index is 12.1. The van der Waals surface area contributed by atoms with Crippen LogP contribution in [0.5, 0.6) is 5.75 Å². The number of carboxylic acids is 1. The van der Waals surface area contributed by atoms with Gasteiger partial charge in [-0.15, -0.1) is 0 Å². The van der Waals surface area contributed by atoms with Gasteiger partial charge in [0.25, 0.3) is 0 Å². The number of nitrogens with zero attached hydrogens (tertiary/aromatic N) is 1. The highest BCUT2D eigenvalue weighted by Gasteiger charge is 2.34. The molecule has 1 heterocycles. The second-order valence-electron chi connectivity index (χ2n) is 5.48. The van der Waals surface area contributed by atoms with E-state index < -0.39 is 11.9 Å².